The van der Waals surface area contributed by atoms with Gasteiger partial charge in [-0.3, -0.25) is 9.69 Å². The van der Waals surface area contributed by atoms with Crippen molar-refractivity contribution in [3.63, 3.8) is 0 Å². The lowest BCUT2D eigenvalue weighted by molar-refractivity contribution is -0.123. The molecule has 0 bridgehead atoms. The predicted octanol–water partition coefficient (Wildman–Crippen LogP) is 4.90. The number of likely N-dealkylation sites (N-methyl/N-ethyl adjacent to an activating group) is 1. The van der Waals surface area contributed by atoms with E-state index in [0.717, 1.165) is 47.5 Å². The molecule has 0 fully saturated rings. The molecule has 3 aliphatic heterocycles. The number of allylic oxidation sites excluding steroid dienone is 2. The van der Waals surface area contributed by atoms with Crippen LogP contribution in [0.3, 0.4) is 0 Å². The summed E-state index contributed by atoms with van der Waals surface area (Å²) >= 11 is 1.71. The normalized spacial score (nSPS) is 23.2. The number of thiazole rings is 1. The first kappa shape index (κ1) is 18.9. The number of aryl methyl sites for hydroxylation is 1. The Morgan fingerprint density at radius 2 is 2.24 bits per heavy atom. The van der Waals surface area contributed by atoms with Crippen molar-refractivity contribution < 1.29 is 4.79 Å². The zero-order valence-electron chi connectivity index (χ0n) is 16.7. The Labute approximate surface area is 177 Å². The molecule has 0 saturated carbocycles. The lowest BCUT2D eigenvalue weighted by atomic mass is 9.98. The zero-order chi connectivity index (χ0) is 20.0. The summed E-state index contributed by atoms with van der Waals surface area (Å²) in [5, 5.41) is 2.22. The summed E-state index contributed by atoms with van der Waals surface area (Å²) in [5.74, 6) is 0.208. The van der Waals surface area contributed by atoms with Crippen LogP contribution in [0.5, 0.6) is 0 Å². The van der Waals surface area contributed by atoms with Crippen LogP contribution in [0.2, 0.25) is 0 Å². The topological polar surface area (TPSA) is 36.4 Å². The molecule has 0 aliphatic carbocycles. The van der Waals surface area contributed by atoms with Gasteiger partial charge in [0.2, 0.25) is 0 Å². The fourth-order valence-corrected chi connectivity index (χ4v) is 6.35. The van der Waals surface area contributed by atoms with Crippen molar-refractivity contribution in [1.29, 1.82) is 0 Å². The van der Waals surface area contributed by atoms with Crippen molar-refractivity contribution in [3.05, 3.63) is 70.4 Å². The molecule has 2 atom stereocenters. The number of nitrogens with zero attached hydrogens (tertiary/aromatic N) is 3. The first-order valence-electron chi connectivity index (χ1n) is 10.1. The number of aromatic nitrogens is 1. The molecule has 2 unspecified atom stereocenters. The zero-order valence-corrected chi connectivity index (χ0v) is 18.5. The second kappa shape index (κ2) is 7.64. The molecule has 0 saturated heterocycles. The minimum Gasteiger partial charge on any atom is -0.304 e. The number of carbonyl (C=O) groups is 1. The van der Waals surface area contributed by atoms with Gasteiger partial charge in [-0.25, -0.2) is 4.98 Å². The minimum atomic E-state index is 0.0813. The van der Waals surface area contributed by atoms with E-state index in [2.05, 4.69) is 59.4 Å². The number of fused-ring (bicyclic) bond motifs is 2. The van der Waals surface area contributed by atoms with Crippen LogP contribution in [0, 0.1) is 6.92 Å². The van der Waals surface area contributed by atoms with Gasteiger partial charge in [-0.2, -0.15) is 0 Å². The van der Waals surface area contributed by atoms with Crippen LogP contribution in [0.15, 0.2) is 59.8 Å². The molecule has 1 amide bonds. The fraction of sp³-hybridized carbons (Fsp3) is 0.304. The lowest BCUT2D eigenvalue weighted by Crippen LogP contribution is -2.36. The van der Waals surface area contributed by atoms with E-state index >= 15 is 0 Å². The average molecular weight is 422 g/mol. The van der Waals surface area contributed by atoms with Gasteiger partial charge in [-0.1, -0.05) is 39.8 Å². The predicted molar refractivity (Wildman–Crippen MR) is 123 cm³/mol. The van der Waals surface area contributed by atoms with Crippen LogP contribution in [0.25, 0.3) is 15.5 Å². The molecule has 0 N–H and O–H groups in total. The molecule has 0 radical (unpaired) electrons. The second-order valence-electron chi connectivity index (χ2n) is 7.62. The second-order valence-corrected chi connectivity index (χ2v) is 10.3. The molecule has 4 heterocycles. The number of amides is 1. The van der Waals surface area contributed by atoms with Crippen molar-refractivity contribution in [1.82, 2.24) is 14.8 Å². The van der Waals surface area contributed by atoms with Crippen molar-refractivity contribution in [2.45, 2.75) is 26.1 Å². The average Bonchev–Trinajstić information content (AvgIpc) is 3.12. The standard InChI is InChI=1S/C23H24N3OPS/c1-3-25-10-8-16(9-11-25)18-5-7-23-26(14-18)22(27)13-20(28-23)17-4-6-19-21(12-17)29-15(2)24-19/h4-8,12-14,23,28H,3,9-11H2,1-2H3. The van der Waals surface area contributed by atoms with Crippen molar-refractivity contribution in [3.8, 4) is 0 Å². The molecular formula is C23H24N3OPS. The van der Waals surface area contributed by atoms with E-state index in [0.29, 0.717) is 8.58 Å². The van der Waals surface area contributed by atoms with Gasteiger partial charge in [0.15, 0.2) is 0 Å². The molecule has 148 valence electrons. The highest BCUT2D eigenvalue weighted by molar-refractivity contribution is 7.51. The quantitative estimate of drug-likeness (QED) is 0.662. The van der Waals surface area contributed by atoms with Gasteiger partial charge in [0.1, 0.15) is 0 Å². The maximum Gasteiger partial charge on any atom is 0.252 e. The van der Waals surface area contributed by atoms with Gasteiger partial charge < -0.3 is 4.90 Å². The first-order chi connectivity index (χ1) is 14.1. The summed E-state index contributed by atoms with van der Waals surface area (Å²) in [6.07, 6.45) is 11.7. The molecule has 1 aromatic heterocycles. The highest BCUT2D eigenvalue weighted by Crippen LogP contribution is 2.45. The van der Waals surface area contributed by atoms with Gasteiger partial charge in [0, 0.05) is 25.4 Å². The van der Waals surface area contributed by atoms with E-state index in [-0.39, 0.29) is 11.7 Å². The summed E-state index contributed by atoms with van der Waals surface area (Å²) < 4.78 is 1.19. The van der Waals surface area contributed by atoms with Crippen LogP contribution in [0.1, 0.15) is 23.9 Å². The summed E-state index contributed by atoms with van der Waals surface area (Å²) in [7, 11) is 0.550. The van der Waals surface area contributed by atoms with Crippen LogP contribution in [-0.4, -0.2) is 46.1 Å². The Bertz CT molecular complexity index is 1110. The van der Waals surface area contributed by atoms with E-state index in [1.165, 1.54) is 15.8 Å². The smallest absolute Gasteiger partial charge is 0.252 e. The number of benzene rings is 1. The van der Waals surface area contributed by atoms with Gasteiger partial charge in [0.25, 0.3) is 5.91 Å². The third-order valence-electron chi connectivity index (χ3n) is 5.78. The summed E-state index contributed by atoms with van der Waals surface area (Å²) in [6, 6.07) is 6.35. The Hall–Kier alpha value is -2.07. The molecule has 5 rings (SSSR count). The Morgan fingerprint density at radius 3 is 3.03 bits per heavy atom. The van der Waals surface area contributed by atoms with Gasteiger partial charge in [-0.15, -0.1) is 11.3 Å². The molecule has 2 aromatic rings. The maximum absolute atomic E-state index is 12.9. The first-order valence-corrected chi connectivity index (χ1v) is 12.0. The Balaban J connectivity index is 1.40. The Morgan fingerprint density at radius 1 is 1.34 bits per heavy atom. The summed E-state index contributed by atoms with van der Waals surface area (Å²) in [6.45, 7) is 7.42. The van der Waals surface area contributed by atoms with Crippen molar-refractivity contribution >= 4 is 41.4 Å². The van der Waals surface area contributed by atoms with Crippen molar-refractivity contribution in [2.75, 3.05) is 19.6 Å². The van der Waals surface area contributed by atoms with Gasteiger partial charge >= 0.3 is 0 Å². The Kier molecular flexibility index (Phi) is 4.99. The van der Waals surface area contributed by atoms with Crippen molar-refractivity contribution in [2.24, 2.45) is 0 Å². The highest BCUT2D eigenvalue weighted by Gasteiger charge is 2.29. The monoisotopic (exact) mass is 421 g/mol. The van der Waals surface area contributed by atoms with Gasteiger partial charge in [0.05, 0.1) is 21.0 Å². The van der Waals surface area contributed by atoms with Gasteiger partial charge in [-0.05, 0) is 54.0 Å². The molecular weight excluding hydrogens is 397 g/mol. The summed E-state index contributed by atoms with van der Waals surface area (Å²) in [4.78, 5) is 21.8. The third-order valence-corrected chi connectivity index (χ3v) is 8.22. The summed E-state index contributed by atoms with van der Waals surface area (Å²) in [5.41, 5.74) is 4.73. The van der Waals surface area contributed by atoms with E-state index in [1.54, 1.807) is 11.3 Å². The number of hydrogen-bond donors (Lipinski definition) is 0. The molecule has 29 heavy (non-hydrogen) atoms. The van der Waals surface area contributed by atoms with E-state index in [9.17, 15) is 4.79 Å². The fourth-order valence-electron chi connectivity index (χ4n) is 4.10. The maximum atomic E-state index is 12.9. The van der Waals surface area contributed by atoms with Crippen LogP contribution < -0.4 is 0 Å². The lowest BCUT2D eigenvalue weighted by Gasteiger charge is -2.35. The minimum absolute atomic E-state index is 0.0813. The van der Waals surface area contributed by atoms with Crippen LogP contribution in [0.4, 0.5) is 0 Å². The number of carbonyl (C=O) groups excluding carboxylic acids is 1. The molecule has 6 heteroatoms. The number of rotatable bonds is 3. The molecule has 0 spiro atoms. The SMILES string of the molecule is CCN1CC=C(C2=CN3C(=O)C=C(c4ccc5nc(C)sc5c4)PC3C=C2)CC1. The largest absolute Gasteiger partial charge is 0.304 e. The van der Waals surface area contributed by atoms with Crippen LogP contribution >= 0.6 is 19.9 Å². The molecule has 3 aliphatic rings. The molecule has 1 aromatic carbocycles. The third kappa shape index (κ3) is 3.63. The van der Waals surface area contributed by atoms with E-state index < -0.39 is 0 Å². The van der Waals surface area contributed by atoms with E-state index in [4.69, 9.17) is 0 Å². The molecule has 4 nitrogen and oxygen atoms in total. The van der Waals surface area contributed by atoms with Crippen LogP contribution in [-0.2, 0) is 4.79 Å². The van der Waals surface area contributed by atoms with E-state index in [1.807, 2.05) is 17.9 Å². The highest BCUT2D eigenvalue weighted by atomic mass is 32.1. The number of hydrogen-bond acceptors (Lipinski definition) is 4.